The Morgan fingerprint density at radius 1 is 1.03 bits per heavy atom. The molecule has 0 bridgehead atoms. The first-order valence-electron chi connectivity index (χ1n) is 9.79. The number of carbonyl (C=O) groups is 1. The number of amides is 2. The van der Waals surface area contributed by atoms with E-state index in [4.69, 9.17) is 0 Å². The Balaban J connectivity index is 1.42. The summed E-state index contributed by atoms with van der Waals surface area (Å²) in [7, 11) is -2.12. The lowest BCUT2D eigenvalue weighted by Crippen LogP contribution is -2.47. The molecule has 1 fully saturated rings. The molecule has 3 N–H and O–H groups in total. The molecule has 1 aliphatic rings. The van der Waals surface area contributed by atoms with E-state index >= 15 is 0 Å². The fourth-order valence-corrected chi connectivity index (χ4v) is 4.24. The summed E-state index contributed by atoms with van der Waals surface area (Å²) in [5.74, 6) is 0. The normalized spacial score (nSPS) is 15.8. The maximum absolute atomic E-state index is 12.2. The zero-order valence-electron chi connectivity index (χ0n) is 16.6. The van der Waals surface area contributed by atoms with Crippen molar-refractivity contribution in [2.45, 2.75) is 36.9 Å². The van der Waals surface area contributed by atoms with Gasteiger partial charge in [0, 0.05) is 32.2 Å². The summed E-state index contributed by atoms with van der Waals surface area (Å²) in [5, 5.41) is 5.84. The third-order valence-corrected chi connectivity index (χ3v) is 6.51. The molecule has 0 unspecified atom stereocenters. The zero-order valence-corrected chi connectivity index (χ0v) is 17.4. The van der Waals surface area contributed by atoms with Crippen LogP contribution >= 0.6 is 0 Å². The first-order valence-corrected chi connectivity index (χ1v) is 11.3. The first kappa shape index (κ1) is 21.3. The van der Waals surface area contributed by atoms with Crippen molar-refractivity contribution in [2.24, 2.45) is 0 Å². The van der Waals surface area contributed by atoms with E-state index in [1.807, 2.05) is 6.07 Å². The summed E-state index contributed by atoms with van der Waals surface area (Å²) in [6.45, 7) is 3.10. The number of nitrogens with one attached hydrogen (secondary N) is 3. The highest BCUT2D eigenvalue weighted by Crippen LogP contribution is 2.14. The van der Waals surface area contributed by atoms with Crippen LogP contribution in [0.25, 0.3) is 0 Å². The standard InChI is InChI=1S/C21H28N4O3S/c1-22-29(27,28)20-9-5-8-18(14-20)15-23-21(26)24-19-10-12-25(13-11-19)16-17-6-3-2-4-7-17/h2-9,14,19,22H,10-13,15-16H2,1H3,(H2,23,24,26). The van der Waals surface area contributed by atoms with Crippen molar-refractivity contribution in [3.05, 3.63) is 65.7 Å². The summed E-state index contributed by atoms with van der Waals surface area (Å²) in [4.78, 5) is 14.8. The van der Waals surface area contributed by atoms with Crippen LogP contribution in [0.4, 0.5) is 4.79 Å². The summed E-state index contributed by atoms with van der Waals surface area (Å²) in [6.07, 6.45) is 1.83. The molecule has 1 aliphatic heterocycles. The minimum Gasteiger partial charge on any atom is -0.335 e. The second kappa shape index (κ2) is 9.87. The van der Waals surface area contributed by atoms with E-state index in [1.165, 1.54) is 18.7 Å². The van der Waals surface area contributed by atoms with Crippen molar-refractivity contribution >= 4 is 16.1 Å². The molecule has 0 saturated carbocycles. The number of hydrogen-bond acceptors (Lipinski definition) is 4. The van der Waals surface area contributed by atoms with Crippen LogP contribution in [0.1, 0.15) is 24.0 Å². The second-order valence-electron chi connectivity index (χ2n) is 7.22. The molecule has 156 valence electrons. The van der Waals surface area contributed by atoms with Crippen molar-refractivity contribution < 1.29 is 13.2 Å². The van der Waals surface area contributed by atoms with E-state index in [-0.39, 0.29) is 23.5 Å². The highest BCUT2D eigenvalue weighted by molar-refractivity contribution is 7.89. The van der Waals surface area contributed by atoms with Gasteiger partial charge in [0.05, 0.1) is 4.90 Å². The Labute approximate surface area is 172 Å². The Morgan fingerprint density at radius 2 is 1.72 bits per heavy atom. The van der Waals surface area contributed by atoms with Crippen molar-refractivity contribution in [1.82, 2.24) is 20.3 Å². The number of piperidine rings is 1. The molecule has 7 nitrogen and oxygen atoms in total. The van der Waals surface area contributed by atoms with E-state index in [0.717, 1.165) is 38.0 Å². The van der Waals surface area contributed by atoms with E-state index in [0.29, 0.717) is 0 Å². The zero-order chi connectivity index (χ0) is 20.7. The molecule has 1 heterocycles. The molecule has 0 aromatic heterocycles. The van der Waals surface area contributed by atoms with Crippen molar-refractivity contribution in [3.8, 4) is 0 Å². The van der Waals surface area contributed by atoms with Gasteiger partial charge in [0.15, 0.2) is 0 Å². The molecule has 29 heavy (non-hydrogen) atoms. The lowest BCUT2D eigenvalue weighted by Gasteiger charge is -2.32. The molecule has 2 amide bonds. The van der Waals surface area contributed by atoms with Crippen LogP contribution in [0, 0.1) is 0 Å². The average molecular weight is 417 g/mol. The highest BCUT2D eigenvalue weighted by atomic mass is 32.2. The van der Waals surface area contributed by atoms with Gasteiger partial charge in [-0.1, -0.05) is 42.5 Å². The molecule has 0 atom stereocenters. The maximum Gasteiger partial charge on any atom is 0.315 e. The predicted octanol–water partition coefficient (Wildman–Crippen LogP) is 2.06. The molecule has 0 aliphatic carbocycles. The second-order valence-corrected chi connectivity index (χ2v) is 9.10. The summed E-state index contributed by atoms with van der Waals surface area (Å²) in [6, 6.07) is 16.9. The Bertz CT molecular complexity index is 911. The maximum atomic E-state index is 12.2. The number of nitrogens with zero attached hydrogens (tertiary/aromatic N) is 1. The molecular formula is C21H28N4O3S. The van der Waals surface area contributed by atoms with Gasteiger partial charge in [0.25, 0.3) is 0 Å². The number of rotatable bonds is 7. The van der Waals surface area contributed by atoms with E-state index in [9.17, 15) is 13.2 Å². The summed E-state index contributed by atoms with van der Waals surface area (Å²) in [5.41, 5.74) is 2.04. The average Bonchev–Trinajstić information content (AvgIpc) is 2.75. The van der Waals surface area contributed by atoms with E-state index in [1.54, 1.807) is 18.2 Å². The van der Waals surface area contributed by atoms with Crippen LogP contribution in [-0.2, 0) is 23.1 Å². The fourth-order valence-electron chi connectivity index (χ4n) is 3.44. The molecule has 2 aromatic carbocycles. The Morgan fingerprint density at radius 3 is 2.41 bits per heavy atom. The largest absolute Gasteiger partial charge is 0.335 e. The lowest BCUT2D eigenvalue weighted by molar-refractivity contribution is 0.186. The quantitative estimate of drug-likeness (QED) is 0.644. The monoisotopic (exact) mass is 416 g/mol. The Hall–Kier alpha value is -2.42. The Kier molecular flexibility index (Phi) is 7.24. The van der Waals surface area contributed by atoms with Gasteiger partial charge in [0.1, 0.15) is 0 Å². The van der Waals surface area contributed by atoms with Crippen LogP contribution in [0.15, 0.2) is 59.5 Å². The fraction of sp³-hybridized carbons (Fsp3) is 0.381. The van der Waals surface area contributed by atoms with Crippen molar-refractivity contribution in [3.63, 3.8) is 0 Å². The molecule has 0 spiro atoms. The molecule has 0 radical (unpaired) electrons. The smallest absolute Gasteiger partial charge is 0.315 e. The molecule has 2 aromatic rings. The number of urea groups is 1. The van der Waals surface area contributed by atoms with Gasteiger partial charge in [0.2, 0.25) is 10.0 Å². The molecule has 1 saturated heterocycles. The molecular weight excluding hydrogens is 388 g/mol. The third-order valence-electron chi connectivity index (χ3n) is 5.10. The number of likely N-dealkylation sites (tertiary alicyclic amines) is 1. The van der Waals surface area contributed by atoms with Crippen LogP contribution in [0.3, 0.4) is 0 Å². The first-order chi connectivity index (χ1) is 14.0. The van der Waals surface area contributed by atoms with Gasteiger partial charge in [-0.2, -0.15) is 0 Å². The van der Waals surface area contributed by atoms with Gasteiger partial charge in [-0.05, 0) is 43.1 Å². The summed E-state index contributed by atoms with van der Waals surface area (Å²) >= 11 is 0. The van der Waals surface area contributed by atoms with Crippen LogP contribution in [0.5, 0.6) is 0 Å². The van der Waals surface area contributed by atoms with Crippen LogP contribution < -0.4 is 15.4 Å². The molecule has 3 rings (SSSR count). The van der Waals surface area contributed by atoms with Crippen molar-refractivity contribution in [2.75, 3.05) is 20.1 Å². The highest BCUT2D eigenvalue weighted by Gasteiger charge is 2.20. The number of carbonyl (C=O) groups excluding carboxylic acids is 1. The van der Waals surface area contributed by atoms with Gasteiger partial charge < -0.3 is 10.6 Å². The minimum absolute atomic E-state index is 0.151. The predicted molar refractivity (Wildman–Crippen MR) is 113 cm³/mol. The number of hydrogen-bond donors (Lipinski definition) is 3. The summed E-state index contributed by atoms with van der Waals surface area (Å²) < 4.78 is 26.1. The third kappa shape index (κ3) is 6.28. The van der Waals surface area contributed by atoms with E-state index in [2.05, 4.69) is 44.5 Å². The van der Waals surface area contributed by atoms with Gasteiger partial charge in [-0.25, -0.2) is 17.9 Å². The number of sulfonamides is 1. The van der Waals surface area contributed by atoms with Crippen LogP contribution in [0.2, 0.25) is 0 Å². The topological polar surface area (TPSA) is 90.5 Å². The lowest BCUT2D eigenvalue weighted by atomic mass is 10.0. The van der Waals surface area contributed by atoms with Crippen molar-refractivity contribution in [1.29, 1.82) is 0 Å². The van der Waals surface area contributed by atoms with Crippen LogP contribution in [-0.4, -0.2) is 45.5 Å². The number of benzene rings is 2. The minimum atomic E-state index is -3.49. The van der Waals surface area contributed by atoms with Gasteiger partial charge in [-0.15, -0.1) is 0 Å². The molecule has 8 heteroatoms. The van der Waals surface area contributed by atoms with E-state index < -0.39 is 10.0 Å². The SMILES string of the molecule is CNS(=O)(=O)c1cccc(CNC(=O)NC2CCN(Cc3ccccc3)CC2)c1. The van der Waals surface area contributed by atoms with Gasteiger partial charge in [-0.3, -0.25) is 4.90 Å². The van der Waals surface area contributed by atoms with Gasteiger partial charge >= 0.3 is 6.03 Å².